The number of fused-ring (bicyclic) bond motifs is 1. The molecule has 0 amide bonds. The fraction of sp³-hybridized carbons (Fsp3) is 0.529. The summed E-state index contributed by atoms with van der Waals surface area (Å²) >= 11 is 0. The third kappa shape index (κ3) is 2.74. The van der Waals surface area contributed by atoms with Crippen molar-refractivity contribution in [3.05, 3.63) is 35.5 Å². The second kappa shape index (κ2) is 6.42. The lowest BCUT2D eigenvalue weighted by molar-refractivity contribution is 0.120. The van der Waals surface area contributed by atoms with Gasteiger partial charge in [0, 0.05) is 30.2 Å². The zero-order valence-electron chi connectivity index (χ0n) is 13.1. The molecular weight excluding hydrogens is 248 g/mol. The number of aryl methyl sites for hydroxylation is 2. The van der Waals surface area contributed by atoms with Gasteiger partial charge in [-0.3, -0.25) is 0 Å². The van der Waals surface area contributed by atoms with Gasteiger partial charge in [-0.25, -0.2) is 0 Å². The Morgan fingerprint density at radius 2 is 1.90 bits per heavy atom. The van der Waals surface area contributed by atoms with Crippen LogP contribution in [0.2, 0.25) is 0 Å². The van der Waals surface area contributed by atoms with E-state index in [1.54, 1.807) is 0 Å². The highest BCUT2D eigenvalue weighted by molar-refractivity contribution is 5.85. The van der Waals surface area contributed by atoms with E-state index in [-0.39, 0.29) is 0 Å². The molecule has 1 N–H and O–H groups in total. The summed E-state index contributed by atoms with van der Waals surface area (Å²) in [6, 6.07) is 8.44. The summed E-state index contributed by atoms with van der Waals surface area (Å²) in [5, 5.41) is 11.8. The van der Waals surface area contributed by atoms with E-state index in [9.17, 15) is 5.11 Å². The average molecular weight is 274 g/mol. The maximum Gasteiger partial charge on any atom is 0.0923 e. The molecule has 0 saturated carbocycles. The topological polar surface area (TPSA) is 28.4 Å². The van der Waals surface area contributed by atoms with Crippen molar-refractivity contribution < 1.29 is 5.11 Å². The molecule has 2 rings (SSSR count). The smallest absolute Gasteiger partial charge is 0.0923 e. The van der Waals surface area contributed by atoms with Crippen LogP contribution < -0.4 is 0 Å². The minimum absolute atomic E-state index is 0.425. The van der Waals surface area contributed by atoms with Crippen molar-refractivity contribution in [1.29, 1.82) is 0 Å². The summed E-state index contributed by atoms with van der Waals surface area (Å²) in [6.07, 6.45) is 0.585. The van der Waals surface area contributed by atoms with Crippen molar-refractivity contribution in [3.8, 4) is 0 Å². The van der Waals surface area contributed by atoms with Gasteiger partial charge in [-0.1, -0.05) is 32.9 Å². The molecular formula is C17H26N2O. The highest BCUT2D eigenvalue weighted by Crippen LogP contribution is 2.27. The van der Waals surface area contributed by atoms with E-state index in [4.69, 9.17) is 0 Å². The molecule has 3 heteroatoms. The highest BCUT2D eigenvalue weighted by atomic mass is 16.3. The zero-order chi connectivity index (χ0) is 14.7. The molecule has 1 heterocycles. The maximum absolute atomic E-state index is 10.6. The minimum atomic E-state index is -0.425. The van der Waals surface area contributed by atoms with E-state index in [1.807, 2.05) is 6.07 Å². The fourth-order valence-electron chi connectivity index (χ4n) is 2.89. The van der Waals surface area contributed by atoms with Crippen LogP contribution in [0.5, 0.6) is 0 Å². The van der Waals surface area contributed by atoms with E-state index in [1.165, 1.54) is 16.6 Å². The number of nitrogens with zero attached hydrogens (tertiary/aromatic N) is 2. The van der Waals surface area contributed by atoms with E-state index in [0.29, 0.717) is 6.54 Å². The van der Waals surface area contributed by atoms with Gasteiger partial charge in [-0.05, 0) is 37.2 Å². The summed E-state index contributed by atoms with van der Waals surface area (Å²) in [5.41, 5.74) is 3.56. The molecule has 0 aliphatic rings. The molecule has 0 aliphatic carbocycles. The standard InChI is InChI=1S/C17H26N2O/c1-5-13-11-15-14(9-8-10-16(15)18(13)4)17(20)12-19(6-2)7-3/h8-11,17,20H,5-7,12H2,1-4H3. The summed E-state index contributed by atoms with van der Waals surface area (Å²) in [7, 11) is 2.10. The second-order valence-electron chi connectivity index (χ2n) is 5.33. The predicted molar refractivity (Wildman–Crippen MR) is 85.0 cm³/mol. The number of likely N-dealkylation sites (N-methyl/N-ethyl adjacent to an activating group) is 1. The molecule has 1 unspecified atom stereocenters. The van der Waals surface area contributed by atoms with Crippen molar-refractivity contribution in [2.75, 3.05) is 19.6 Å². The molecule has 110 valence electrons. The van der Waals surface area contributed by atoms with Crippen molar-refractivity contribution in [2.45, 2.75) is 33.3 Å². The van der Waals surface area contributed by atoms with Crippen molar-refractivity contribution >= 4 is 10.9 Å². The number of aromatic nitrogens is 1. The summed E-state index contributed by atoms with van der Waals surface area (Å²) in [6.45, 7) is 9.07. The van der Waals surface area contributed by atoms with Crippen molar-refractivity contribution in [1.82, 2.24) is 9.47 Å². The third-order valence-corrected chi connectivity index (χ3v) is 4.27. The van der Waals surface area contributed by atoms with Gasteiger partial charge >= 0.3 is 0 Å². The molecule has 0 fully saturated rings. The zero-order valence-corrected chi connectivity index (χ0v) is 13.1. The number of hydrogen-bond acceptors (Lipinski definition) is 2. The molecule has 0 bridgehead atoms. The first-order valence-corrected chi connectivity index (χ1v) is 7.59. The van der Waals surface area contributed by atoms with Crippen LogP contribution in [0.15, 0.2) is 24.3 Å². The largest absolute Gasteiger partial charge is 0.387 e. The molecule has 0 radical (unpaired) electrons. The molecule has 2 aromatic rings. The van der Waals surface area contributed by atoms with Crippen LogP contribution in [0.4, 0.5) is 0 Å². The summed E-state index contributed by atoms with van der Waals surface area (Å²) in [5.74, 6) is 0. The van der Waals surface area contributed by atoms with Crippen LogP contribution in [0, 0.1) is 0 Å². The lowest BCUT2D eigenvalue weighted by atomic mass is 10.0. The monoisotopic (exact) mass is 274 g/mol. The molecule has 1 atom stereocenters. The predicted octanol–water partition coefficient (Wildman–Crippen LogP) is 3.12. The Morgan fingerprint density at radius 1 is 1.20 bits per heavy atom. The van der Waals surface area contributed by atoms with E-state index < -0.39 is 6.10 Å². The van der Waals surface area contributed by atoms with Crippen LogP contribution in [-0.2, 0) is 13.5 Å². The summed E-state index contributed by atoms with van der Waals surface area (Å²) in [4.78, 5) is 2.26. The molecule has 1 aromatic carbocycles. The van der Waals surface area contributed by atoms with Crippen LogP contribution in [-0.4, -0.2) is 34.2 Å². The molecule has 0 spiro atoms. The van der Waals surface area contributed by atoms with E-state index in [2.05, 4.69) is 55.5 Å². The first-order valence-electron chi connectivity index (χ1n) is 7.59. The molecule has 0 aliphatic heterocycles. The lowest BCUT2D eigenvalue weighted by Crippen LogP contribution is -2.28. The highest BCUT2D eigenvalue weighted by Gasteiger charge is 2.16. The first kappa shape index (κ1) is 15.1. The first-order chi connectivity index (χ1) is 9.62. The number of hydrogen-bond donors (Lipinski definition) is 1. The van der Waals surface area contributed by atoms with Crippen LogP contribution in [0.3, 0.4) is 0 Å². The van der Waals surface area contributed by atoms with Gasteiger partial charge in [0.1, 0.15) is 0 Å². The molecule has 1 aromatic heterocycles. The SMILES string of the molecule is CCc1cc2c(C(O)CN(CC)CC)cccc2n1C. The van der Waals surface area contributed by atoms with Crippen LogP contribution >= 0.6 is 0 Å². The Morgan fingerprint density at radius 3 is 2.50 bits per heavy atom. The van der Waals surface area contributed by atoms with Crippen molar-refractivity contribution in [2.24, 2.45) is 7.05 Å². The van der Waals surface area contributed by atoms with Crippen LogP contribution in [0.1, 0.15) is 38.1 Å². The van der Waals surface area contributed by atoms with Gasteiger partial charge in [0.15, 0.2) is 0 Å². The van der Waals surface area contributed by atoms with Crippen molar-refractivity contribution in [3.63, 3.8) is 0 Å². The quantitative estimate of drug-likeness (QED) is 0.876. The van der Waals surface area contributed by atoms with E-state index in [0.717, 1.165) is 25.1 Å². The lowest BCUT2D eigenvalue weighted by Gasteiger charge is -2.22. The summed E-state index contributed by atoms with van der Waals surface area (Å²) < 4.78 is 2.23. The normalized spacial score (nSPS) is 13.3. The number of rotatable bonds is 6. The number of aliphatic hydroxyl groups excluding tert-OH is 1. The Balaban J connectivity index is 2.39. The average Bonchev–Trinajstić information content (AvgIpc) is 2.81. The van der Waals surface area contributed by atoms with Gasteiger partial charge < -0.3 is 14.6 Å². The Bertz CT molecular complexity index is 570. The number of benzene rings is 1. The van der Waals surface area contributed by atoms with Gasteiger partial charge in [0.2, 0.25) is 0 Å². The Kier molecular flexibility index (Phi) is 4.84. The fourth-order valence-corrected chi connectivity index (χ4v) is 2.89. The van der Waals surface area contributed by atoms with Gasteiger partial charge in [0.25, 0.3) is 0 Å². The van der Waals surface area contributed by atoms with Gasteiger partial charge in [0.05, 0.1) is 6.10 Å². The number of aliphatic hydroxyl groups is 1. The Hall–Kier alpha value is -1.32. The van der Waals surface area contributed by atoms with Gasteiger partial charge in [-0.2, -0.15) is 0 Å². The Labute approximate surface area is 121 Å². The van der Waals surface area contributed by atoms with E-state index >= 15 is 0 Å². The molecule has 3 nitrogen and oxygen atoms in total. The van der Waals surface area contributed by atoms with Gasteiger partial charge in [-0.15, -0.1) is 0 Å². The second-order valence-corrected chi connectivity index (χ2v) is 5.33. The molecule has 20 heavy (non-hydrogen) atoms. The third-order valence-electron chi connectivity index (χ3n) is 4.27. The molecule has 0 saturated heterocycles. The minimum Gasteiger partial charge on any atom is -0.387 e. The maximum atomic E-state index is 10.6. The van der Waals surface area contributed by atoms with Crippen LogP contribution in [0.25, 0.3) is 10.9 Å².